The summed E-state index contributed by atoms with van der Waals surface area (Å²) in [4.78, 5) is 9.00. The summed E-state index contributed by atoms with van der Waals surface area (Å²) in [5, 5.41) is 0. The number of imidazole rings is 1. The highest BCUT2D eigenvalue weighted by molar-refractivity contribution is 5.29. The molecule has 1 unspecified atom stereocenters. The van der Waals surface area contributed by atoms with E-state index < -0.39 is 0 Å². The van der Waals surface area contributed by atoms with Gasteiger partial charge in [0.2, 0.25) is 0 Å². The van der Waals surface area contributed by atoms with E-state index >= 15 is 0 Å². The Balaban J connectivity index is 3.32. The zero-order valence-electron chi connectivity index (χ0n) is 17.8. The third-order valence-corrected chi connectivity index (χ3v) is 6.38. The lowest BCUT2D eigenvalue weighted by Crippen LogP contribution is -2.23. The second-order valence-corrected chi connectivity index (χ2v) is 8.99. The minimum atomic E-state index is 0.156. The number of hydrogen-bond acceptors (Lipinski definition) is 1. The minimum absolute atomic E-state index is 0.156. The number of H-pyrrole nitrogens is 1. The molecule has 2 nitrogen and oxygen atoms in total. The molecule has 1 aromatic rings. The van der Waals surface area contributed by atoms with Crippen molar-refractivity contribution in [3.8, 4) is 0 Å². The van der Waals surface area contributed by atoms with Crippen LogP contribution < -0.4 is 0 Å². The fourth-order valence-electron chi connectivity index (χ4n) is 3.36. The van der Waals surface area contributed by atoms with Gasteiger partial charge in [-0.15, -0.1) is 0 Å². The van der Waals surface area contributed by atoms with Crippen LogP contribution in [0.25, 0.3) is 0 Å². The predicted molar refractivity (Wildman–Crippen MR) is 107 cm³/mol. The fraction of sp³-hybridized carbons (Fsp3) is 0.864. The molecule has 0 saturated heterocycles. The largest absolute Gasteiger partial charge is 0.345 e. The van der Waals surface area contributed by atoms with Crippen molar-refractivity contribution in [1.29, 1.82) is 0 Å². The number of nitrogens with zero attached hydrogens (tertiary/aromatic N) is 1. The molecular weight excluding hydrogens is 292 g/mol. The van der Waals surface area contributed by atoms with Crippen molar-refractivity contribution in [1.82, 2.24) is 9.97 Å². The fourth-order valence-corrected chi connectivity index (χ4v) is 3.36. The van der Waals surface area contributed by atoms with Gasteiger partial charge in [-0.1, -0.05) is 81.6 Å². The molecule has 0 aromatic carbocycles. The first-order valence-electron chi connectivity index (χ1n) is 10.2. The molecular formula is C22H42N2. The molecule has 0 amide bonds. The molecule has 0 fully saturated rings. The topological polar surface area (TPSA) is 28.7 Å². The first-order chi connectivity index (χ1) is 11.1. The van der Waals surface area contributed by atoms with Crippen molar-refractivity contribution in [2.75, 3.05) is 0 Å². The molecule has 0 aliphatic carbocycles. The Morgan fingerprint density at radius 1 is 0.958 bits per heavy atom. The standard InChI is InChI=1S/C22H42N2/c1-10-13-14-15-21(7,8)19-18(17(6)16(4)5)23-20(24-19)22(9,11-2)12-3/h16-17H,10-15H2,1-9H3,(H,23,24). The molecule has 1 heterocycles. The number of aromatic nitrogens is 2. The Hall–Kier alpha value is -0.790. The molecule has 0 bridgehead atoms. The maximum atomic E-state index is 5.18. The number of nitrogens with one attached hydrogen (secondary N) is 1. The van der Waals surface area contributed by atoms with E-state index in [1.54, 1.807) is 0 Å². The summed E-state index contributed by atoms with van der Waals surface area (Å²) in [7, 11) is 0. The monoisotopic (exact) mass is 334 g/mol. The van der Waals surface area contributed by atoms with Crippen LogP contribution in [0.5, 0.6) is 0 Å². The minimum Gasteiger partial charge on any atom is -0.345 e. The Bertz CT molecular complexity index is 492. The predicted octanol–water partition coefficient (Wildman–Crippen LogP) is 7.10. The smallest absolute Gasteiger partial charge is 0.112 e. The lowest BCUT2D eigenvalue weighted by atomic mass is 9.79. The van der Waals surface area contributed by atoms with Crippen LogP contribution in [-0.4, -0.2) is 9.97 Å². The highest BCUT2D eigenvalue weighted by atomic mass is 15.0. The summed E-state index contributed by atoms with van der Waals surface area (Å²) >= 11 is 0. The molecule has 0 aliphatic rings. The maximum absolute atomic E-state index is 5.18. The maximum Gasteiger partial charge on any atom is 0.112 e. The van der Waals surface area contributed by atoms with E-state index in [1.807, 2.05) is 0 Å². The summed E-state index contributed by atoms with van der Waals surface area (Å²) in [6.07, 6.45) is 7.39. The number of rotatable bonds is 10. The van der Waals surface area contributed by atoms with Crippen molar-refractivity contribution >= 4 is 0 Å². The van der Waals surface area contributed by atoms with Gasteiger partial charge in [0.15, 0.2) is 0 Å². The highest BCUT2D eigenvalue weighted by Gasteiger charge is 2.34. The van der Waals surface area contributed by atoms with Crippen molar-refractivity contribution in [2.45, 2.75) is 118 Å². The lowest BCUT2D eigenvalue weighted by molar-refractivity contribution is 0.406. The van der Waals surface area contributed by atoms with Crippen LogP contribution in [0.4, 0.5) is 0 Å². The Labute approximate surface area is 151 Å². The Morgan fingerprint density at radius 3 is 2.00 bits per heavy atom. The van der Waals surface area contributed by atoms with Crippen LogP contribution in [0.15, 0.2) is 0 Å². The molecule has 2 heteroatoms. The van der Waals surface area contributed by atoms with Gasteiger partial charge in [-0.3, -0.25) is 0 Å². The van der Waals surface area contributed by atoms with Gasteiger partial charge in [0.05, 0.1) is 5.69 Å². The van der Waals surface area contributed by atoms with Gasteiger partial charge >= 0.3 is 0 Å². The van der Waals surface area contributed by atoms with Crippen molar-refractivity contribution in [2.24, 2.45) is 5.92 Å². The van der Waals surface area contributed by atoms with E-state index in [9.17, 15) is 0 Å². The van der Waals surface area contributed by atoms with Gasteiger partial charge in [-0.05, 0) is 25.2 Å². The molecule has 24 heavy (non-hydrogen) atoms. The van der Waals surface area contributed by atoms with Gasteiger partial charge in [-0.25, -0.2) is 4.98 Å². The van der Waals surface area contributed by atoms with Gasteiger partial charge < -0.3 is 4.98 Å². The zero-order valence-corrected chi connectivity index (χ0v) is 17.8. The Morgan fingerprint density at radius 2 is 1.54 bits per heavy atom. The van der Waals surface area contributed by atoms with Gasteiger partial charge in [0.1, 0.15) is 5.82 Å². The summed E-state index contributed by atoms with van der Waals surface area (Å²) in [6, 6.07) is 0. The molecule has 0 aliphatic heterocycles. The molecule has 1 atom stereocenters. The average molecular weight is 335 g/mol. The lowest BCUT2D eigenvalue weighted by Gasteiger charge is -2.27. The summed E-state index contributed by atoms with van der Waals surface area (Å²) in [6.45, 7) is 20.9. The van der Waals surface area contributed by atoms with Gasteiger partial charge in [0.25, 0.3) is 0 Å². The zero-order chi connectivity index (χ0) is 18.5. The summed E-state index contributed by atoms with van der Waals surface area (Å²) in [5.74, 6) is 2.31. The molecule has 1 N–H and O–H groups in total. The number of unbranched alkanes of at least 4 members (excludes halogenated alkanes) is 2. The second-order valence-electron chi connectivity index (χ2n) is 8.99. The van der Waals surface area contributed by atoms with Crippen LogP contribution in [0, 0.1) is 5.92 Å². The van der Waals surface area contributed by atoms with Crippen LogP contribution in [0.3, 0.4) is 0 Å². The number of hydrogen-bond donors (Lipinski definition) is 1. The third-order valence-electron chi connectivity index (χ3n) is 6.38. The van der Waals surface area contributed by atoms with E-state index in [2.05, 4.69) is 67.3 Å². The van der Waals surface area contributed by atoms with E-state index in [1.165, 1.54) is 42.9 Å². The van der Waals surface area contributed by atoms with Crippen LogP contribution in [-0.2, 0) is 10.8 Å². The van der Waals surface area contributed by atoms with Crippen molar-refractivity contribution < 1.29 is 0 Å². The highest BCUT2D eigenvalue weighted by Crippen LogP contribution is 2.39. The van der Waals surface area contributed by atoms with E-state index in [-0.39, 0.29) is 10.8 Å². The molecule has 140 valence electrons. The van der Waals surface area contributed by atoms with Crippen LogP contribution in [0.2, 0.25) is 0 Å². The third kappa shape index (κ3) is 4.64. The number of aromatic amines is 1. The van der Waals surface area contributed by atoms with E-state index in [0.717, 1.165) is 12.8 Å². The molecule has 0 radical (unpaired) electrons. The van der Waals surface area contributed by atoms with Crippen molar-refractivity contribution in [3.05, 3.63) is 17.2 Å². The van der Waals surface area contributed by atoms with Gasteiger partial charge in [0, 0.05) is 22.4 Å². The molecule has 1 aromatic heterocycles. The first kappa shape index (κ1) is 21.3. The van der Waals surface area contributed by atoms with Crippen molar-refractivity contribution in [3.63, 3.8) is 0 Å². The first-order valence-corrected chi connectivity index (χ1v) is 10.2. The summed E-state index contributed by atoms with van der Waals surface area (Å²) < 4.78 is 0. The SMILES string of the molecule is CCCCCC(C)(C)c1[nH]c(C(C)(CC)CC)nc1C(C)C(C)C. The molecule has 0 spiro atoms. The van der Waals surface area contributed by atoms with Crippen LogP contribution >= 0.6 is 0 Å². The second kappa shape index (κ2) is 8.54. The quantitative estimate of drug-likeness (QED) is 0.454. The van der Waals surface area contributed by atoms with E-state index in [0.29, 0.717) is 11.8 Å². The average Bonchev–Trinajstić information content (AvgIpc) is 3.00. The summed E-state index contributed by atoms with van der Waals surface area (Å²) in [5.41, 5.74) is 3.03. The van der Waals surface area contributed by atoms with Gasteiger partial charge in [-0.2, -0.15) is 0 Å². The van der Waals surface area contributed by atoms with Crippen LogP contribution in [0.1, 0.15) is 124 Å². The Kier molecular flexibility index (Phi) is 7.56. The normalized spacial score (nSPS) is 14.4. The van der Waals surface area contributed by atoms with E-state index in [4.69, 9.17) is 4.98 Å². The molecule has 1 rings (SSSR count). The molecule has 0 saturated carbocycles.